The topological polar surface area (TPSA) is 20.3 Å². The first-order chi connectivity index (χ1) is 7.68. The molecule has 2 heteroatoms. The number of aryl methyl sites for hydroxylation is 1. The van der Waals surface area contributed by atoms with Gasteiger partial charge in [0.1, 0.15) is 0 Å². The predicted molar refractivity (Wildman–Crippen MR) is 65.8 cm³/mol. The Bertz CT molecular complexity index is 386. The summed E-state index contributed by atoms with van der Waals surface area (Å²) in [6.07, 6.45) is 2.45. The monoisotopic (exact) mass is 217 g/mol. The van der Waals surface area contributed by atoms with Crippen molar-refractivity contribution >= 4 is 5.78 Å². The van der Waals surface area contributed by atoms with Crippen LogP contribution >= 0.6 is 0 Å². The first kappa shape index (κ1) is 11.3. The number of carbonyl (C=O) groups excluding carboxylic acids is 1. The molecule has 1 fully saturated rings. The van der Waals surface area contributed by atoms with Crippen LogP contribution in [0.15, 0.2) is 24.3 Å². The van der Waals surface area contributed by atoms with Crippen molar-refractivity contribution < 1.29 is 4.79 Å². The highest BCUT2D eigenvalue weighted by Gasteiger charge is 2.23. The smallest absolute Gasteiger partial charge is 0.177 e. The van der Waals surface area contributed by atoms with Gasteiger partial charge in [-0.1, -0.05) is 24.3 Å². The zero-order valence-electron chi connectivity index (χ0n) is 10.1. The number of rotatable bonds is 3. The zero-order chi connectivity index (χ0) is 11.5. The zero-order valence-corrected chi connectivity index (χ0v) is 10.1. The summed E-state index contributed by atoms with van der Waals surface area (Å²) in [6, 6.07) is 8.41. The minimum absolute atomic E-state index is 0.256. The van der Waals surface area contributed by atoms with Gasteiger partial charge in [0.25, 0.3) is 0 Å². The Morgan fingerprint density at radius 1 is 1.44 bits per heavy atom. The van der Waals surface area contributed by atoms with Crippen LogP contribution < -0.4 is 0 Å². The van der Waals surface area contributed by atoms with Crippen LogP contribution in [0, 0.1) is 6.92 Å². The molecule has 86 valence electrons. The minimum Gasteiger partial charge on any atom is -0.293 e. The molecule has 0 N–H and O–H groups in total. The van der Waals surface area contributed by atoms with Crippen molar-refractivity contribution in [2.24, 2.45) is 0 Å². The van der Waals surface area contributed by atoms with Crippen molar-refractivity contribution in [1.82, 2.24) is 4.90 Å². The molecule has 0 amide bonds. The molecule has 1 aromatic carbocycles. The molecular formula is C14H19NO. The fourth-order valence-electron chi connectivity index (χ4n) is 2.38. The van der Waals surface area contributed by atoms with Gasteiger partial charge >= 0.3 is 0 Å². The Morgan fingerprint density at radius 3 is 2.81 bits per heavy atom. The third-order valence-corrected chi connectivity index (χ3v) is 3.48. The number of likely N-dealkylation sites (tertiary alicyclic amines) is 1. The second kappa shape index (κ2) is 4.79. The molecule has 1 saturated heterocycles. The molecule has 2 nitrogen and oxygen atoms in total. The molecule has 16 heavy (non-hydrogen) atoms. The molecule has 1 atom stereocenters. The first-order valence-corrected chi connectivity index (χ1v) is 6.01. The third kappa shape index (κ3) is 2.33. The van der Waals surface area contributed by atoms with Crippen molar-refractivity contribution in [2.75, 3.05) is 13.1 Å². The lowest BCUT2D eigenvalue weighted by Gasteiger charge is -2.20. The molecule has 0 aromatic heterocycles. The molecule has 1 aromatic rings. The van der Waals surface area contributed by atoms with Crippen LogP contribution in [0.3, 0.4) is 0 Å². The highest BCUT2D eigenvalue weighted by atomic mass is 16.1. The van der Waals surface area contributed by atoms with E-state index in [4.69, 9.17) is 0 Å². The maximum Gasteiger partial charge on any atom is 0.177 e. The van der Waals surface area contributed by atoms with Crippen molar-refractivity contribution in [3.8, 4) is 0 Å². The van der Waals surface area contributed by atoms with E-state index in [0.717, 1.165) is 17.7 Å². The van der Waals surface area contributed by atoms with Gasteiger partial charge in [-0.25, -0.2) is 0 Å². The van der Waals surface area contributed by atoms with Gasteiger partial charge < -0.3 is 0 Å². The van der Waals surface area contributed by atoms with E-state index in [2.05, 4.69) is 11.8 Å². The Morgan fingerprint density at radius 2 is 2.19 bits per heavy atom. The Hall–Kier alpha value is -1.15. The van der Waals surface area contributed by atoms with Gasteiger partial charge in [0.05, 0.1) is 6.54 Å². The van der Waals surface area contributed by atoms with Crippen LogP contribution in [0.4, 0.5) is 0 Å². The summed E-state index contributed by atoms with van der Waals surface area (Å²) in [5.41, 5.74) is 1.96. The highest BCUT2D eigenvalue weighted by molar-refractivity contribution is 5.98. The fourth-order valence-corrected chi connectivity index (χ4v) is 2.38. The molecular weight excluding hydrogens is 198 g/mol. The lowest BCUT2D eigenvalue weighted by atomic mass is 10.0. The Kier molecular flexibility index (Phi) is 3.39. The van der Waals surface area contributed by atoms with Crippen molar-refractivity contribution in [3.05, 3.63) is 35.4 Å². The maximum absolute atomic E-state index is 12.1. The molecule has 1 aliphatic rings. The van der Waals surface area contributed by atoms with E-state index in [1.807, 2.05) is 31.2 Å². The lowest BCUT2D eigenvalue weighted by Crippen LogP contribution is -2.32. The van der Waals surface area contributed by atoms with Crippen LogP contribution in [0.25, 0.3) is 0 Å². The third-order valence-electron chi connectivity index (χ3n) is 3.48. The van der Waals surface area contributed by atoms with Crippen LogP contribution in [-0.4, -0.2) is 29.8 Å². The summed E-state index contributed by atoms with van der Waals surface area (Å²) >= 11 is 0. The fraction of sp³-hybridized carbons (Fsp3) is 0.500. The summed E-state index contributed by atoms with van der Waals surface area (Å²) < 4.78 is 0. The lowest BCUT2D eigenvalue weighted by molar-refractivity contribution is 0.0925. The average Bonchev–Trinajstić information content (AvgIpc) is 2.65. The maximum atomic E-state index is 12.1. The highest BCUT2D eigenvalue weighted by Crippen LogP contribution is 2.17. The average molecular weight is 217 g/mol. The van der Waals surface area contributed by atoms with Gasteiger partial charge in [0.2, 0.25) is 0 Å². The first-order valence-electron chi connectivity index (χ1n) is 6.01. The van der Waals surface area contributed by atoms with Crippen LogP contribution in [-0.2, 0) is 0 Å². The van der Waals surface area contributed by atoms with E-state index in [1.54, 1.807) is 0 Å². The second-order valence-electron chi connectivity index (χ2n) is 4.70. The van der Waals surface area contributed by atoms with Gasteiger partial charge in [-0.2, -0.15) is 0 Å². The van der Waals surface area contributed by atoms with E-state index in [1.165, 1.54) is 12.8 Å². The molecule has 0 radical (unpaired) electrons. The van der Waals surface area contributed by atoms with Gasteiger partial charge in [0.15, 0.2) is 5.78 Å². The van der Waals surface area contributed by atoms with Gasteiger partial charge in [-0.3, -0.25) is 9.69 Å². The Labute approximate surface area is 97.3 Å². The summed E-state index contributed by atoms with van der Waals surface area (Å²) in [6.45, 7) is 5.85. The summed E-state index contributed by atoms with van der Waals surface area (Å²) in [5, 5.41) is 0. The number of Topliss-reactive ketones (excluding diaryl/α,β-unsaturated/α-hetero) is 1. The normalized spacial score (nSPS) is 21.2. The molecule has 0 saturated carbocycles. The molecule has 0 bridgehead atoms. The van der Waals surface area contributed by atoms with E-state index >= 15 is 0 Å². The van der Waals surface area contributed by atoms with Gasteiger partial charge in [0, 0.05) is 11.6 Å². The van der Waals surface area contributed by atoms with E-state index in [0.29, 0.717) is 12.6 Å². The number of nitrogens with zero attached hydrogens (tertiary/aromatic N) is 1. The number of benzene rings is 1. The predicted octanol–water partition coefficient (Wildman–Crippen LogP) is 2.66. The molecule has 1 aliphatic heterocycles. The quantitative estimate of drug-likeness (QED) is 0.725. The summed E-state index contributed by atoms with van der Waals surface area (Å²) in [7, 11) is 0. The van der Waals surface area contributed by atoms with Crippen molar-refractivity contribution in [3.63, 3.8) is 0 Å². The van der Waals surface area contributed by atoms with E-state index < -0.39 is 0 Å². The molecule has 1 heterocycles. The number of hydrogen-bond donors (Lipinski definition) is 0. The second-order valence-corrected chi connectivity index (χ2v) is 4.70. The van der Waals surface area contributed by atoms with Crippen LogP contribution in [0.5, 0.6) is 0 Å². The number of carbonyl (C=O) groups is 1. The molecule has 0 aliphatic carbocycles. The number of hydrogen-bond acceptors (Lipinski definition) is 2. The van der Waals surface area contributed by atoms with Gasteiger partial charge in [-0.15, -0.1) is 0 Å². The molecule has 0 spiro atoms. The molecule has 1 unspecified atom stereocenters. The van der Waals surface area contributed by atoms with Crippen LogP contribution in [0.1, 0.15) is 35.7 Å². The minimum atomic E-state index is 0.256. The summed E-state index contributed by atoms with van der Waals surface area (Å²) in [4.78, 5) is 14.4. The van der Waals surface area contributed by atoms with Crippen molar-refractivity contribution in [1.29, 1.82) is 0 Å². The van der Waals surface area contributed by atoms with E-state index in [-0.39, 0.29) is 5.78 Å². The number of ketones is 1. The van der Waals surface area contributed by atoms with E-state index in [9.17, 15) is 4.79 Å². The summed E-state index contributed by atoms with van der Waals surface area (Å²) in [5.74, 6) is 0.256. The molecule has 2 rings (SSSR count). The van der Waals surface area contributed by atoms with Gasteiger partial charge in [-0.05, 0) is 38.8 Å². The Balaban J connectivity index is 2.06. The van der Waals surface area contributed by atoms with Crippen LogP contribution in [0.2, 0.25) is 0 Å². The standard InChI is InChI=1S/C14H19NO/c1-11-6-3-4-8-13(11)14(16)10-15-9-5-7-12(15)2/h3-4,6,8,12H,5,7,9-10H2,1-2H3. The SMILES string of the molecule is Cc1ccccc1C(=O)CN1CCCC1C. The van der Waals surface area contributed by atoms with Crippen molar-refractivity contribution in [2.45, 2.75) is 32.7 Å². The largest absolute Gasteiger partial charge is 0.293 e.